The Hall–Kier alpha value is -3.53. The number of hydrogen-bond donors (Lipinski definition) is 0. The van der Waals surface area contributed by atoms with E-state index in [0.717, 1.165) is 11.3 Å². The number of ether oxygens (including phenoxy) is 3. The zero-order chi connectivity index (χ0) is 18.9. The first-order chi connectivity index (χ1) is 13.3. The normalized spacial score (nSPS) is 11.8. The molecule has 4 heteroatoms. The number of aliphatic imine (C=N–C) groups is 1. The van der Waals surface area contributed by atoms with Crippen LogP contribution in [-0.4, -0.2) is 13.0 Å². The lowest BCUT2D eigenvalue weighted by Gasteiger charge is -2.11. The lowest BCUT2D eigenvalue weighted by atomic mass is 10.3. The van der Waals surface area contributed by atoms with Gasteiger partial charge < -0.3 is 14.2 Å². The molecule has 27 heavy (non-hydrogen) atoms. The van der Waals surface area contributed by atoms with Crippen LogP contribution in [0.3, 0.4) is 0 Å². The van der Waals surface area contributed by atoms with E-state index >= 15 is 0 Å². The molecule has 136 valence electrons. The van der Waals surface area contributed by atoms with E-state index < -0.39 is 0 Å². The molecule has 0 aliphatic rings. The van der Waals surface area contributed by atoms with Crippen molar-refractivity contribution in [3.05, 3.63) is 96.8 Å². The highest BCUT2D eigenvalue weighted by Gasteiger charge is 2.08. The van der Waals surface area contributed by atoms with Crippen molar-refractivity contribution in [3.8, 4) is 17.2 Å². The fraction of sp³-hybridized carbons (Fsp3) is 0.0870. The molecule has 0 unspecified atom stereocenters. The predicted octanol–water partition coefficient (Wildman–Crippen LogP) is 5.79. The summed E-state index contributed by atoms with van der Waals surface area (Å²) in [6.45, 7) is 1.89. The summed E-state index contributed by atoms with van der Waals surface area (Å²) in [5.41, 5.74) is 1.54. The van der Waals surface area contributed by atoms with E-state index in [-0.39, 0.29) is 0 Å². The van der Waals surface area contributed by atoms with Gasteiger partial charge in [0.15, 0.2) is 11.5 Å². The van der Waals surface area contributed by atoms with Crippen LogP contribution in [0.5, 0.6) is 17.2 Å². The first-order valence-electron chi connectivity index (χ1n) is 8.60. The van der Waals surface area contributed by atoms with Crippen LogP contribution in [0, 0.1) is 0 Å². The highest BCUT2D eigenvalue weighted by molar-refractivity contribution is 5.96. The summed E-state index contributed by atoms with van der Waals surface area (Å²) in [5.74, 6) is 2.45. The lowest BCUT2D eigenvalue weighted by Crippen LogP contribution is -2.10. The number of methoxy groups -OCH3 is 1. The molecule has 0 spiro atoms. The second kappa shape index (κ2) is 9.25. The lowest BCUT2D eigenvalue weighted by molar-refractivity contribution is 0.377. The zero-order valence-corrected chi connectivity index (χ0v) is 15.3. The number of benzene rings is 3. The van der Waals surface area contributed by atoms with Gasteiger partial charge in [0.1, 0.15) is 5.75 Å². The molecule has 0 aliphatic carbocycles. The summed E-state index contributed by atoms with van der Waals surface area (Å²) in [6, 6.07) is 26.7. The Morgan fingerprint density at radius 1 is 0.778 bits per heavy atom. The first-order valence-corrected chi connectivity index (χ1v) is 8.60. The summed E-state index contributed by atoms with van der Waals surface area (Å²) in [7, 11) is 1.61. The van der Waals surface area contributed by atoms with Gasteiger partial charge in [-0.3, -0.25) is 0 Å². The molecule has 3 rings (SSSR count). The summed E-state index contributed by atoms with van der Waals surface area (Å²) in [6.07, 6.45) is 1.61. The molecule has 0 N–H and O–H groups in total. The van der Waals surface area contributed by atoms with Crippen molar-refractivity contribution < 1.29 is 14.2 Å². The molecule has 3 aromatic carbocycles. The van der Waals surface area contributed by atoms with Crippen molar-refractivity contribution in [3.63, 3.8) is 0 Å². The van der Waals surface area contributed by atoms with E-state index in [2.05, 4.69) is 4.99 Å². The zero-order valence-electron chi connectivity index (χ0n) is 15.3. The smallest absolute Gasteiger partial charge is 0.225 e. The number of para-hydroxylation sites is 4. The van der Waals surface area contributed by atoms with Crippen molar-refractivity contribution in [2.24, 2.45) is 4.99 Å². The van der Waals surface area contributed by atoms with Gasteiger partial charge in [-0.05, 0) is 43.3 Å². The minimum atomic E-state index is 0.460. The molecular formula is C23H21NO3. The summed E-state index contributed by atoms with van der Waals surface area (Å²) < 4.78 is 17.1. The quantitative estimate of drug-likeness (QED) is 0.318. The number of nitrogens with zero attached hydrogens (tertiary/aromatic N) is 1. The van der Waals surface area contributed by atoms with Crippen molar-refractivity contribution in [2.45, 2.75) is 6.92 Å². The minimum absolute atomic E-state index is 0.460. The Morgan fingerprint density at radius 2 is 1.37 bits per heavy atom. The molecule has 0 aromatic heterocycles. The monoisotopic (exact) mass is 359 g/mol. The molecule has 0 saturated carbocycles. The second-order valence-corrected chi connectivity index (χ2v) is 5.74. The molecule has 0 aliphatic heterocycles. The molecule has 0 fully saturated rings. The molecule has 0 heterocycles. The van der Waals surface area contributed by atoms with Gasteiger partial charge in [0.2, 0.25) is 5.90 Å². The maximum atomic E-state index is 6.00. The van der Waals surface area contributed by atoms with E-state index in [9.17, 15) is 0 Å². The molecule has 4 nitrogen and oxygen atoms in total. The van der Waals surface area contributed by atoms with E-state index in [1.165, 1.54) is 0 Å². The van der Waals surface area contributed by atoms with Gasteiger partial charge in [0.05, 0.1) is 19.1 Å². The third kappa shape index (κ3) is 5.22. The van der Waals surface area contributed by atoms with Gasteiger partial charge in [-0.1, -0.05) is 48.5 Å². The third-order valence-corrected chi connectivity index (χ3v) is 3.71. The summed E-state index contributed by atoms with van der Waals surface area (Å²) in [5, 5.41) is 0. The highest BCUT2D eigenvalue weighted by atomic mass is 16.5. The second-order valence-electron chi connectivity index (χ2n) is 5.74. The van der Waals surface area contributed by atoms with Crippen LogP contribution in [0.2, 0.25) is 0 Å². The number of hydrogen-bond acceptors (Lipinski definition) is 4. The Kier molecular flexibility index (Phi) is 6.26. The average molecular weight is 359 g/mol. The molecular weight excluding hydrogens is 338 g/mol. The topological polar surface area (TPSA) is 40.0 Å². The third-order valence-electron chi connectivity index (χ3n) is 3.71. The van der Waals surface area contributed by atoms with Crippen LogP contribution in [0.15, 0.2) is 102 Å². The van der Waals surface area contributed by atoms with Gasteiger partial charge in [-0.15, -0.1) is 0 Å². The maximum absolute atomic E-state index is 6.00. The highest BCUT2D eigenvalue weighted by Crippen LogP contribution is 2.26. The Morgan fingerprint density at radius 3 is 2.04 bits per heavy atom. The first kappa shape index (κ1) is 18.3. The summed E-state index contributed by atoms with van der Waals surface area (Å²) >= 11 is 0. The van der Waals surface area contributed by atoms with Gasteiger partial charge in [-0.2, -0.15) is 0 Å². The van der Waals surface area contributed by atoms with Crippen LogP contribution < -0.4 is 14.2 Å². The Balaban J connectivity index is 1.88. The van der Waals surface area contributed by atoms with E-state index in [1.807, 2.05) is 91.9 Å². The van der Waals surface area contributed by atoms with Crippen LogP contribution in [0.1, 0.15) is 6.92 Å². The molecule has 0 bridgehead atoms. The van der Waals surface area contributed by atoms with Gasteiger partial charge in [0, 0.05) is 5.57 Å². The molecule has 0 radical (unpaired) electrons. The van der Waals surface area contributed by atoms with Crippen molar-refractivity contribution in [1.29, 1.82) is 0 Å². The van der Waals surface area contributed by atoms with E-state index in [1.54, 1.807) is 13.4 Å². The van der Waals surface area contributed by atoms with Gasteiger partial charge >= 0.3 is 0 Å². The van der Waals surface area contributed by atoms with E-state index in [4.69, 9.17) is 14.2 Å². The average Bonchev–Trinajstić information content (AvgIpc) is 2.73. The predicted molar refractivity (Wildman–Crippen MR) is 108 cm³/mol. The van der Waals surface area contributed by atoms with Gasteiger partial charge in [-0.25, -0.2) is 4.99 Å². The molecule has 3 aromatic rings. The van der Waals surface area contributed by atoms with E-state index in [0.29, 0.717) is 23.1 Å². The van der Waals surface area contributed by atoms with Crippen LogP contribution >= 0.6 is 0 Å². The molecule has 0 amide bonds. The minimum Gasteiger partial charge on any atom is -0.493 e. The fourth-order valence-electron chi connectivity index (χ4n) is 2.33. The van der Waals surface area contributed by atoms with Gasteiger partial charge in [0.25, 0.3) is 0 Å². The summed E-state index contributed by atoms with van der Waals surface area (Å²) in [4.78, 5) is 4.62. The van der Waals surface area contributed by atoms with Crippen LogP contribution in [-0.2, 0) is 0 Å². The van der Waals surface area contributed by atoms with Crippen LogP contribution in [0.25, 0.3) is 0 Å². The largest absolute Gasteiger partial charge is 0.493 e. The van der Waals surface area contributed by atoms with Crippen molar-refractivity contribution in [2.75, 3.05) is 7.11 Å². The Labute approximate surface area is 159 Å². The SMILES string of the molecule is COc1ccccc1OC=C(C)/C(=N\c1ccccc1)Oc1ccccc1. The van der Waals surface area contributed by atoms with Crippen molar-refractivity contribution >= 4 is 11.6 Å². The molecule has 0 atom stereocenters. The molecule has 0 saturated heterocycles. The fourth-order valence-corrected chi connectivity index (χ4v) is 2.33. The maximum Gasteiger partial charge on any atom is 0.225 e. The van der Waals surface area contributed by atoms with Crippen molar-refractivity contribution in [1.82, 2.24) is 0 Å². The number of rotatable bonds is 6. The standard InChI is InChI=1S/C23H21NO3/c1-18(17-26-22-16-10-9-15-21(22)25-2)23(24-19-11-5-3-6-12-19)27-20-13-7-4-8-14-20/h3-17H,1-2H3/b18-17?,24-23+. The van der Waals surface area contributed by atoms with Crippen LogP contribution in [0.4, 0.5) is 5.69 Å². The Bertz CT molecular complexity index is 919.